The molecule has 34 heavy (non-hydrogen) atoms. The first kappa shape index (κ1) is 24.0. The van der Waals surface area contributed by atoms with Gasteiger partial charge in [0.15, 0.2) is 0 Å². The number of aromatic nitrogens is 1. The highest BCUT2D eigenvalue weighted by atomic mass is 32.2. The smallest absolute Gasteiger partial charge is 0.238 e. The lowest BCUT2D eigenvalue weighted by Gasteiger charge is -2.25. The molecule has 1 aliphatic carbocycles. The molecule has 0 spiro atoms. The number of aryl methyl sites for hydroxylation is 1. The van der Waals surface area contributed by atoms with E-state index in [0.29, 0.717) is 22.2 Å². The molecule has 3 aromatic rings. The van der Waals surface area contributed by atoms with Crippen molar-refractivity contribution in [3.8, 4) is 6.07 Å². The highest BCUT2D eigenvalue weighted by Crippen LogP contribution is 2.35. The predicted molar refractivity (Wildman–Crippen MR) is 132 cm³/mol. The van der Waals surface area contributed by atoms with Crippen molar-refractivity contribution < 1.29 is 13.2 Å². The van der Waals surface area contributed by atoms with Crippen LogP contribution in [0.25, 0.3) is 0 Å². The number of nitrogens with zero attached hydrogens (tertiary/aromatic N) is 2. The van der Waals surface area contributed by atoms with Gasteiger partial charge in [-0.25, -0.2) is 18.5 Å². The molecule has 174 valence electrons. The van der Waals surface area contributed by atoms with Gasteiger partial charge in [-0.3, -0.25) is 4.79 Å². The van der Waals surface area contributed by atoms with Gasteiger partial charge in [0, 0.05) is 11.4 Å². The Morgan fingerprint density at radius 2 is 1.91 bits per heavy atom. The SMILES string of the molecule is CC(Sc1nc2c(cc1C#N)CC(c1ccccc1)CC2)C(=O)Nc1ccc(S(N)(=O)=O)cc1. The van der Waals surface area contributed by atoms with E-state index in [-0.39, 0.29) is 10.8 Å². The predicted octanol–water partition coefficient (Wildman–Crippen LogP) is 3.99. The van der Waals surface area contributed by atoms with Gasteiger partial charge in [-0.05, 0) is 73.6 Å². The summed E-state index contributed by atoms with van der Waals surface area (Å²) in [6.45, 7) is 1.74. The third-order valence-corrected chi connectivity index (χ3v) is 7.88. The molecule has 2 atom stereocenters. The zero-order chi connectivity index (χ0) is 24.3. The van der Waals surface area contributed by atoms with E-state index in [4.69, 9.17) is 10.1 Å². The minimum atomic E-state index is -3.80. The number of thioether (sulfide) groups is 1. The number of nitrogens with one attached hydrogen (secondary N) is 1. The first-order valence-electron chi connectivity index (χ1n) is 10.8. The Hall–Kier alpha value is -3.19. The fraction of sp³-hybridized carbons (Fsp3) is 0.240. The van der Waals surface area contributed by atoms with Gasteiger partial charge in [-0.1, -0.05) is 42.1 Å². The van der Waals surface area contributed by atoms with Crippen molar-refractivity contribution in [1.82, 2.24) is 4.98 Å². The van der Waals surface area contributed by atoms with Gasteiger partial charge < -0.3 is 5.32 Å². The van der Waals surface area contributed by atoms with Gasteiger partial charge in [0.25, 0.3) is 0 Å². The Labute approximate surface area is 203 Å². The maximum absolute atomic E-state index is 12.7. The zero-order valence-electron chi connectivity index (χ0n) is 18.6. The molecule has 0 aliphatic heterocycles. The second-order valence-electron chi connectivity index (χ2n) is 8.23. The summed E-state index contributed by atoms with van der Waals surface area (Å²) in [5, 5.41) is 17.6. The van der Waals surface area contributed by atoms with Crippen LogP contribution in [0.1, 0.15) is 41.6 Å². The number of primary sulfonamides is 1. The van der Waals surface area contributed by atoms with Crippen molar-refractivity contribution in [3.05, 3.63) is 83.0 Å². The van der Waals surface area contributed by atoms with Crippen LogP contribution in [0.5, 0.6) is 0 Å². The molecule has 1 amide bonds. The van der Waals surface area contributed by atoms with Crippen molar-refractivity contribution >= 4 is 33.4 Å². The second-order valence-corrected chi connectivity index (χ2v) is 11.1. The van der Waals surface area contributed by atoms with Crippen LogP contribution in [-0.4, -0.2) is 24.6 Å². The molecule has 4 rings (SSSR count). The maximum Gasteiger partial charge on any atom is 0.238 e. The van der Waals surface area contributed by atoms with E-state index in [1.807, 2.05) is 24.3 Å². The number of carbonyl (C=O) groups is 1. The number of benzene rings is 2. The van der Waals surface area contributed by atoms with Crippen LogP contribution >= 0.6 is 11.8 Å². The van der Waals surface area contributed by atoms with E-state index in [0.717, 1.165) is 30.5 Å². The summed E-state index contributed by atoms with van der Waals surface area (Å²) in [5.41, 5.74) is 4.30. The van der Waals surface area contributed by atoms with Crippen molar-refractivity contribution in [1.29, 1.82) is 5.26 Å². The van der Waals surface area contributed by atoms with Gasteiger partial charge in [0.2, 0.25) is 15.9 Å². The van der Waals surface area contributed by atoms with Crippen LogP contribution in [-0.2, 0) is 27.7 Å². The zero-order valence-corrected chi connectivity index (χ0v) is 20.2. The summed E-state index contributed by atoms with van der Waals surface area (Å²) in [6, 6.07) is 20.2. The van der Waals surface area contributed by atoms with Crippen molar-refractivity contribution in [3.63, 3.8) is 0 Å². The molecule has 0 saturated carbocycles. The molecule has 2 aromatic carbocycles. The minimum Gasteiger partial charge on any atom is -0.325 e. The first-order chi connectivity index (χ1) is 16.2. The molecular weight excluding hydrogens is 468 g/mol. The number of hydrogen-bond donors (Lipinski definition) is 2. The number of pyridine rings is 1. The largest absolute Gasteiger partial charge is 0.325 e. The molecule has 2 unspecified atom stereocenters. The molecular formula is C25H24N4O3S2. The molecule has 0 saturated heterocycles. The summed E-state index contributed by atoms with van der Waals surface area (Å²) in [4.78, 5) is 17.4. The van der Waals surface area contributed by atoms with E-state index >= 15 is 0 Å². The molecule has 1 heterocycles. The Balaban J connectivity index is 1.46. The summed E-state index contributed by atoms with van der Waals surface area (Å²) in [6.07, 6.45) is 2.66. The van der Waals surface area contributed by atoms with Crippen LogP contribution < -0.4 is 10.5 Å². The lowest BCUT2D eigenvalue weighted by molar-refractivity contribution is -0.115. The third kappa shape index (κ3) is 5.47. The lowest BCUT2D eigenvalue weighted by Crippen LogP contribution is -2.23. The molecule has 0 bridgehead atoms. The van der Waals surface area contributed by atoms with Crippen molar-refractivity contribution in [2.24, 2.45) is 5.14 Å². The fourth-order valence-electron chi connectivity index (χ4n) is 4.02. The molecule has 1 aromatic heterocycles. The molecule has 0 fully saturated rings. The number of rotatable bonds is 6. The number of sulfonamides is 1. The van der Waals surface area contributed by atoms with E-state index in [9.17, 15) is 18.5 Å². The van der Waals surface area contributed by atoms with Gasteiger partial charge in [0.05, 0.1) is 15.7 Å². The first-order valence-corrected chi connectivity index (χ1v) is 13.3. The van der Waals surface area contributed by atoms with Crippen LogP contribution in [0.2, 0.25) is 0 Å². The van der Waals surface area contributed by atoms with E-state index in [1.165, 1.54) is 41.6 Å². The standard InChI is InChI=1S/C25H24N4O3S2/c1-16(24(30)28-21-8-10-22(11-9-21)34(27,31)32)33-25-20(15-26)14-19-13-18(7-12-23(19)29-25)17-5-3-2-4-6-17/h2-6,8-11,14,16,18H,7,12-13H2,1H3,(H,28,30)(H2,27,31,32). The summed E-state index contributed by atoms with van der Waals surface area (Å²) >= 11 is 1.24. The number of amides is 1. The Morgan fingerprint density at radius 1 is 1.21 bits per heavy atom. The highest BCUT2D eigenvalue weighted by molar-refractivity contribution is 8.00. The topological polar surface area (TPSA) is 126 Å². The van der Waals surface area contributed by atoms with Crippen molar-refractivity contribution in [2.45, 2.75) is 47.3 Å². The number of nitrogens with two attached hydrogens (primary N) is 1. The molecule has 3 N–H and O–H groups in total. The van der Waals surface area contributed by atoms with Gasteiger partial charge in [0.1, 0.15) is 11.1 Å². The lowest BCUT2D eigenvalue weighted by atomic mass is 9.82. The van der Waals surface area contributed by atoms with Crippen LogP contribution in [0, 0.1) is 11.3 Å². The average molecular weight is 493 g/mol. The molecule has 7 nitrogen and oxygen atoms in total. The quantitative estimate of drug-likeness (QED) is 0.501. The van der Waals surface area contributed by atoms with E-state index < -0.39 is 15.3 Å². The maximum atomic E-state index is 12.7. The van der Waals surface area contributed by atoms with Gasteiger partial charge in [-0.15, -0.1) is 0 Å². The van der Waals surface area contributed by atoms with E-state index in [2.05, 4.69) is 23.5 Å². The normalized spacial score (nSPS) is 16.2. The number of anilines is 1. The van der Waals surface area contributed by atoms with Crippen LogP contribution in [0.3, 0.4) is 0 Å². The number of fused-ring (bicyclic) bond motifs is 1. The molecule has 1 aliphatic rings. The van der Waals surface area contributed by atoms with Crippen molar-refractivity contribution in [2.75, 3.05) is 5.32 Å². The summed E-state index contributed by atoms with van der Waals surface area (Å²) in [5.74, 6) is 0.131. The fourth-order valence-corrected chi connectivity index (χ4v) is 5.43. The van der Waals surface area contributed by atoms with E-state index in [1.54, 1.807) is 6.92 Å². The molecule has 9 heteroatoms. The van der Waals surface area contributed by atoms with Crippen LogP contribution in [0.4, 0.5) is 5.69 Å². The Kier molecular flexibility index (Phi) is 7.03. The average Bonchev–Trinajstić information content (AvgIpc) is 2.83. The third-order valence-electron chi connectivity index (χ3n) is 5.85. The van der Waals surface area contributed by atoms with Gasteiger partial charge >= 0.3 is 0 Å². The summed E-state index contributed by atoms with van der Waals surface area (Å²) in [7, 11) is -3.80. The number of nitriles is 1. The summed E-state index contributed by atoms with van der Waals surface area (Å²) < 4.78 is 22.8. The monoisotopic (exact) mass is 492 g/mol. The Bertz CT molecular complexity index is 1350. The molecule has 0 radical (unpaired) electrons. The highest BCUT2D eigenvalue weighted by Gasteiger charge is 2.25. The number of carbonyl (C=O) groups excluding carboxylic acids is 1. The minimum absolute atomic E-state index is 0.0284. The van der Waals surface area contributed by atoms with Crippen LogP contribution in [0.15, 0.2) is 70.6 Å². The van der Waals surface area contributed by atoms with Gasteiger partial charge in [-0.2, -0.15) is 5.26 Å². The second kappa shape index (κ2) is 9.97. The Morgan fingerprint density at radius 3 is 2.56 bits per heavy atom. The number of hydrogen-bond acceptors (Lipinski definition) is 6.